The van der Waals surface area contributed by atoms with Crippen molar-refractivity contribution in [2.75, 3.05) is 6.79 Å². The van der Waals surface area contributed by atoms with Crippen LogP contribution in [0.25, 0.3) is 0 Å². The number of ether oxygens (including phenoxy) is 2. The lowest BCUT2D eigenvalue weighted by molar-refractivity contribution is -0.123. The molecule has 106 valence electrons. The Morgan fingerprint density at radius 1 is 1.37 bits per heavy atom. The molecule has 1 unspecified atom stereocenters. The molecule has 0 spiro atoms. The lowest BCUT2D eigenvalue weighted by Gasteiger charge is -2.15. The second-order valence-corrected chi connectivity index (χ2v) is 4.68. The van der Waals surface area contributed by atoms with E-state index >= 15 is 0 Å². The zero-order valence-electron chi connectivity index (χ0n) is 11.0. The minimum atomic E-state index is -0.473. The number of nitrogens with two attached hydrogens (primary N) is 1. The molecule has 5 nitrogen and oxygen atoms in total. The molecule has 0 aromatic heterocycles. The molecular weight excluding hydrogens is 268 g/mol. The summed E-state index contributed by atoms with van der Waals surface area (Å²) >= 11 is 0. The van der Waals surface area contributed by atoms with E-state index in [9.17, 15) is 4.79 Å². The van der Waals surface area contributed by atoms with Gasteiger partial charge in [-0.1, -0.05) is 19.9 Å². The standard InChI is InChI=1S/C13H18N2O3.ClH/c1-8(2)12(14)13(16)15-6-9-3-4-10-11(5-9)18-7-17-10;/h3-5,8,12H,6-7,14H2,1-2H3,(H,15,16);1H. The molecule has 1 amide bonds. The zero-order chi connectivity index (χ0) is 13.1. The van der Waals surface area contributed by atoms with Gasteiger partial charge in [0.15, 0.2) is 11.5 Å². The van der Waals surface area contributed by atoms with E-state index in [0.717, 1.165) is 17.1 Å². The summed E-state index contributed by atoms with van der Waals surface area (Å²) in [5, 5.41) is 2.81. The molecule has 3 N–H and O–H groups in total. The number of benzene rings is 1. The number of fused-ring (bicyclic) bond motifs is 1. The average molecular weight is 287 g/mol. The average Bonchev–Trinajstić information content (AvgIpc) is 2.82. The summed E-state index contributed by atoms with van der Waals surface area (Å²) in [5.74, 6) is 1.45. The van der Waals surface area contributed by atoms with Crippen molar-refractivity contribution >= 4 is 18.3 Å². The Bertz CT molecular complexity index is 452. The minimum Gasteiger partial charge on any atom is -0.454 e. The first kappa shape index (κ1) is 15.6. The van der Waals surface area contributed by atoms with E-state index in [1.54, 1.807) is 0 Å². The zero-order valence-corrected chi connectivity index (χ0v) is 11.8. The van der Waals surface area contributed by atoms with Crippen molar-refractivity contribution in [2.24, 2.45) is 11.7 Å². The number of nitrogens with one attached hydrogen (secondary N) is 1. The Hall–Kier alpha value is -1.46. The molecule has 0 bridgehead atoms. The molecule has 19 heavy (non-hydrogen) atoms. The van der Waals surface area contributed by atoms with Gasteiger partial charge in [-0.25, -0.2) is 0 Å². The summed E-state index contributed by atoms with van der Waals surface area (Å²) in [6.45, 7) is 4.54. The molecule has 1 aliphatic rings. The first-order valence-electron chi connectivity index (χ1n) is 5.99. The van der Waals surface area contributed by atoms with Crippen molar-refractivity contribution in [3.8, 4) is 11.5 Å². The third-order valence-electron chi connectivity index (χ3n) is 2.92. The van der Waals surface area contributed by atoms with Crippen molar-refractivity contribution in [3.63, 3.8) is 0 Å². The van der Waals surface area contributed by atoms with Gasteiger partial charge < -0.3 is 20.5 Å². The summed E-state index contributed by atoms with van der Waals surface area (Å²) in [4.78, 5) is 11.7. The lowest BCUT2D eigenvalue weighted by atomic mass is 10.0. The van der Waals surface area contributed by atoms with Gasteiger partial charge in [0.1, 0.15) is 0 Å². The molecule has 1 aromatic carbocycles. The van der Waals surface area contributed by atoms with Crippen molar-refractivity contribution in [1.29, 1.82) is 0 Å². The lowest BCUT2D eigenvalue weighted by Crippen LogP contribution is -2.43. The fourth-order valence-electron chi connectivity index (χ4n) is 1.66. The summed E-state index contributed by atoms with van der Waals surface area (Å²) < 4.78 is 10.5. The maximum Gasteiger partial charge on any atom is 0.237 e. The first-order valence-corrected chi connectivity index (χ1v) is 5.99. The van der Waals surface area contributed by atoms with E-state index in [2.05, 4.69) is 5.32 Å². The largest absolute Gasteiger partial charge is 0.454 e. The molecule has 6 heteroatoms. The summed E-state index contributed by atoms with van der Waals surface area (Å²) in [7, 11) is 0. The maximum atomic E-state index is 11.7. The van der Waals surface area contributed by atoms with Gasteiger partial charge in [0, 0.05) is 6.54 Å². The van der Waals surface area contributed by atoms with Crippen LogP contribution in [-0.4, -0.2) is 18.7 Å². The normalized spacial score (nSPS) is 13.9. The Morgan fingerprint density at radius 3 is 2.74 bits per heavy atom. The molecule has 0 aliphatic carbocycles. The highest BCUT2D eigenvalue weighted by molar-refractivity contribution is 5.85. The van der Waals surface area contributed by atoms with Crippen molar-refractivity contribution in [2.45, 2.75) is 26.4 Å². The van der Waals surface area contributed by atoms with Crippen molar-refractivity contribution < 1.29 is 14.3 Å². The number of carbonyl (C=O) groups excluding carboxylic acids is 1. The summed E-state index contributed by atoms with van der Waals surface area (Å²) in [6, 6.07) is 5.13. The SMILES string of the molecule is CC(C)C(N)C(=O)NCc1ccc2c(c1)OCO2.Cl. The molecule has 0 fully saturated rings. The molecule has 0 radical (unpaired) electrons. The van der Waals surface area contributed by atoms with Gasteiger partial charge in [0.25, 0.3) is 0 Å². The molecule has 0 saturated carbocycles. The number of hydrogen-bond acceptors (Lipinski definition) is 4. The highest BCUT2D eigenvalue weighted by Gasteiger charge is 2.17. The third-order valence-corrected chi connectivity index (χ3v) is 2.92. The van der Waals surface area contributed by atoms with Crippen LogP contribution in [0.3, 0.4) is 0 Å². The number of hydrogen-bond donors (Lipinski definition) is 2. The predicted molar refractivity (Wildman–Crippen MR) is 74.5 cm³/mol. The maximum absolute atomic E-state index is 11.7. The predicted octanol–water partition coefficient (Wildman–Crippen LogP) is 1.44. The number of halogens is 1. The van der Waals surface area contributed by atoms with Crippen LogP contribution in [0.1, 0.15) is 19.4 Å². The highest BCUT2D eigenvalue weighted by Crippen LogP contribution is 2.32. The van der Waals surface area contributed by atoms with Crippen LogP contribution in [-0.2, 0) is 11.3 Å². The Kier molecular flexibility index (Phi) is 5.44. The third kappa shape index (κ3) is 3.75. The van der Waals surface area contributed by atoms with Gasteiger partial charge in [-0.3, -0.25) is 4.79 Å². The summed E-state index contributed by atoms with van der Waals surface area (Å²) in [6.07, 6.45) is 0. The monoisotopic (exact) mass is 286 g/mol. The fourth-order valence-corrected chi connectivity index (χ4v) is 1.66. The van der Waals surface area contributed by atoms with Gasteiger partial charge in [-0.15, -0.1) is 12.4 Å². The number of carbonyl (C=O) groups is 1. The van der Waals surface area contributed by atoms with Crippen LogP contribution in [0.4, 0.5) is 0 Å². The van der Waals surface area contributed by atoms with Gasteiger partial charge in [-0.2, -0.15) is 0 Å². The van der Waals surface area contributed by atoms with E-state index < -0.39 is 6.04 Å². The van der Waals surface area contributed by atoms with Crippen molar-refractivity contribution in [3.05, 3.63) is 23.8 Å². The molecule has 1 heterocycles. The molecule has 1 aliphatic heterocycles. The molecule has 1 atom stereocenters. The van der Waals surface area contributed by atoms with E-state index in [4.69, 9.17) is 15.2 Å². The van der Waals surface area contributed by atoms with Crippen LogP contribution in [0.2, 0.25) is 0 Å². The van der Waals surface area contributed by atoms with E-state index in [1.165, 1.54) is 0 Å². The number of amides is 1. The van der Waals surface area contributed by atoms with Gasteiger partial charge in [0.05, 0.1) is 6.04 Å². The smallest absolute Gasteiger partial charge is 0.237 e. The molecule has 0 saturated heterocycles. The van der Waals surface area contributed by atoms with Gasteiger partial charge in [-0.05, 0) is 23.6 Å². The van der Waals surface area contributed by atoms with Crippen molar-refractivity contribution in [1.82, 2.24) is 5.32 Å². The van der Waals surface area contributed by atoms with Crippen LogP contribution in [0.15, 0.2) is 18.2 Å². The van der Waals surface area contributed by atoms with Crippen LogP contribution in [0, 0.1) is 5.92 Å². The molecule has 2 rings (SSSR count). The van der Waals surface area contributed by atoms with Crippen LogP contribution >= 0.6 is 12.4 Å². The topological polar surface area (TPSA) is 73.6 Å². The first-order chi connectivity index (χ1) is 8.58. The fraction of sp³-hybridized carbons (Fsp3) is 0.462. The van der Waals surface area contributed by atoms with E-state index in [1.807, 2.05) is 32.0 Å². The van der Waals surface area contributed by atoms with Gasteiger partial charge >= 0.3 is 0 Å². The Balaban J connectivity index is 0.00000180. The Morgan fingerprint density at radius 2 is 2.05 bits per heavy atom. The van der Waals surface area contributed by atoms with Crippen LogP contribution in [0.5, 0.6) is 11.5 Å². The van der Waals surface area contributed by atoms with E-state index in [0.29, 0.717) is 6.54 Å². The summed E-state index contributed by atoms with van der Waals surface area (Å²) in [5.41, 5.74) is 6.72. The second-order valence-electron chi connectivity index (χ2n) is 4.68. The molecular formula is C13H19ClN2O3. The number of rotatable bonds is 4. The van der Waals surface area contributed by atoms with Crippen LogP contribution < -0.4 is 20.5 Å². The van der Waals surface area contributed by atoms with Gasteiger partial charge in [0.2, 0.25) is 12.7 Å². The highest BCUT2D eigenvalue weighted by atomic mass is 35.5. The molecule has 1 aromatic rings. The quantitative estimate of drug-likeness (QED) is 0.878. The Labute approximate surface area is 118 Å². The second kappa shape index (κ2) is 6.63. The minimum absolute atomic E-state index is 0. The van der Waals surface area contributed by atoms with E-state index in [-0.39, 0.29) is 31.0 Å².